The highest BCUT2D eigenvalue weighted by molar-refractivity contribution is 5.83. The zero-order valence-corrected chi connectivity index (χ0v) is 91.7. The topological polar surface area (TPSA) is 480 Å². The predicted octanol–water partition coefficient (Wildman–Crippen LogP) is 20.5. The molecule has 1 atom stereocenters. The summed E-state index contributed by atoms with van der Waals surface area (Å²) in [5, 5.41) is 50.6. The van der Waals surface area contributed by atoms with Crippen LogP contribution in [0.25, 0.3) is 0 Å². The van der Waals surface area contributed by atoms with Crippen LogP contribution in [0.4, 0.5) is 12.0 Å². The van der Waals surface area contributed by atoms with Crippen molar-refractivity contribution in [2.45, 2.75) is 404 Å². The smallest absolute Gasteiger partial charge is 0.324 e. The average molecular weight is 2080 g/mol. The van der Waals surface area contributed by atoms with Gasteiger partial charge in [0.1, 0.15) is 23.1 Å². The van der Waals surface area contributed by atoms with Crippen molar-refractivity contribution in [2.24, 2.45) is 46.3 Å². The van der Waals surface area contributed by atoms with Gasteiger partial charge in [0.2, 0.25) is 41.3 Å². The molecule has 2 amide bonds. The van der Waals surface area contributed by atoms with Crippen molar-refractivity contribution in [1.82, 2.24) is 107 Å². The van der Waals surface area contributed by atoms with E-state index in [4.69, 9.17) is 45.4 Å². The third-order valence-corrected chi connectivity index (χ3v) is 32.2. The number of likely N-dealkylation sites (N-methyl/N-ethyl adjacent to an activating group) is 1. The Morgan fingerprint density at radius 1 is 0.409 bits per heavy atom. The highest BCUT2D eigenvalue weighted by Crippen LogP contribution is 2.47. The van der Waals surface area contributed by atoms with Crippen LogP contribution < -0.4 is 20.4 Å². The number of nitrogens with one attached hydrogen (secondary N) is 2. The lowest BCUT2D eigenvalue weighted by Gasteiger charge is -2.45. The molecule has 7 saturated carbocycles. The number of aromatic nitrogens is 16. The number of amides is 2. The summed E-state index contributed by atoms with van der Waals surface area (Å²) >= 11 is 0. The van der Waals surface area contributed by atoms with Gasteiger partial charge in [-0.15, -0.1) is 0 Å². The molecule has 13 heterocycles. The quantitative estimate of drug-likeness (QED) is 0.0535. The summed E-state index contributed by atoms with van der Waals surface area (Å²) < 4.78 is 52.2. The molecule has 0 radical (unpaired) electrons. The number of hydrogen-bond acceptors (Lipinski definition) is 36. The Kier molecular flexibility index (Phi) is 47.2. The number of nitrogens with zero attached hydrogens (tertiary/aromatic N) is 21. The molecule has 4 saturated heterocycles. The number of carboxylic acid groups (broad SMARTS) is 1. The Morgan fingerprint density at radius 2 is 0.812 bits per heavy atom. The number of carbonyl (C=O) groups is 5. The second-order valence-corrected chi connectivity index (χ2v) is 44.7. The van der Waals surface area contributed by atoms with Crippen LogP contribution in [-0.4, -0.2) is 242 Å². The molecule has 9 aromatic heterocycles. The van der Waals surface area contributed by atoms with Crippen LogP contribution >= 0.6 is 0 Å². The number of Topliss-reactive ketones (excluding diaryl/α,β-unsaturated/α-hetero) is 2. The van der Waals surface area contributed by atoms with Crippen molar-refractivity contribution in [3.05, 3.63) is 105 Å². The predicted molar refractivity (Wildman–Crippen MR) is 565 cm³/mol. The summed E-state index contributed by atoms with van der Waals surface area (Å²) in [5.41, 5.74) is 1.34. The number of aryl methyl sites for hydroxylation is 9. The van der Waals surface area contributed by atoms with Crippen molar-refractivity contribution in [3.8, 4) is 0 Å². The molecule has 0 bridgehead atoms. The van der Waals surface area contributed by atoms with Crippen LogP contribution in [0, 0.1) is 109 Å². The van der Waals surface area contributed by atoms with Crippen molar-refractivity contribution >= 4 is 41.4 Å². The van der Waals surface area contributed by atoms with Gasteiger partial charge >= 0.3 is 18.0 Å². The molecular weight excluding hydrogens is 1900 g/mol. The molecule has 0 spiro atoms. The first-order valence-corrected chi connectivity index (χ1v) is 54.9. The van der Waals surface area contributed by atoms with E-state index < -0.39 is 11.4 Å². The highest BCUT2D eigenvalue weighted by atomic mass is 16.5. The summed E-state index contributed by atoms with van der Waals surface area (Å²) in [6.45, 7) is 47.0. The number of piperidine rings is 3. The van der Waals surface area contributed by atoms with Crippen LogP contribution in [0.15, 0.2) is 52.8 Å². The summed E-state index contributed by atoms with van der Waals surface area (Å²) in [7, 11) is 3.81. The number of likely N-dealkylation sites (tertiary alicyclic amines) is 2. The molecule has 11 aliphatic rings. The monoisotopic (exact) mass is 2080 g/mol. The highest BCUT2D eigenvalue weighted by Gasteiger charge is 2.49. The molecule has 39 nitrogen and oxygen atoms in total. The number of ether oxygens (including phenoxy) is 1. The summed E-state index contributed by atoms with van der Waals surface area (Å²) in [4.78, 5) is 99.5. The maximum absolute atomic E-state index is 12.1. The molecule has 4 aliphatic heterocycles. The lowest BCUT2D eigenvalue weighted by Crippen LogP contribution is -2.52. The second kappa shape index (κ2) is 58.4. The van der Waals surface area contributed by atoms with E-state index in [1.165, 1.54) is 82.7 Å². The Balaban J connectivity index is 0.000000172. The Morgan fingerprint density at radius 3 is 1.17 bits per heavy atom. The Bertz CT molecular complexity index is 5230. The zero-order chi connectivity index (χ0) is 105. The second-order valence-electron chi connectivity index (χ2n) is 44.7. The zero-order valence-electron chi connectivity index (χ0n) is 91.7. The van der Waals surface area contributed by atoms with E-state index in [0.29, 0.717) is 125 Å². The molecule has 7 aliphatic carbocycles. The molecule has 830 valence electrons. The minimum Gasteiger partial charge on any atom is -0.481 e. The van der Waals surface area contributed by atoms with Gasteiger partial charge in [-0.2, -0.15) is 34.9 Å². The Labute approximate surface area is 883 Å². The standard InChI is InChI=1S/C16H25N3O4.C16H24N2O2.C15H25N3O2.C13H21N3O2.C11H16N2O2.C11H17NO.C10H16N2O.C8H14N4O.C8H13N3O.2CH4/c1-12-17-13(23-18-12)16(11-22-2)6-8-19(9-7-16)10-15(14(20)21)4-3-5-15;1-12-10-15(20-17-12)14-4-8-18(9-5-14)11-16(13(2)19)6-3-7-16;1-9(2)10(3)14(19)17-13-7-5-12(6-8-13)15-16-11(4)18-20-15;1-8(2)12(17)15-11-6-4-10(5-7-11)13-14-9(3)16-18-13;1-7(14)9-3-5-10(6-4-9)11-12-8(2)13-15-11;1-8-3-5-10(6-4-8)11-7-9(2)13-12-11;1-7-3-5-9(6-4-7)10-11-8(2)12-13-10;1-7-9-8(13-10-7)12-5-3-11(2)4-6-12;1-7-9-8(12-10-7)11-5-3-2-4-6-11;;/h3-11H2,1-2H3,(H,20,21);10,14H,3-9,11H2,1-2H3;9-10,12-13H,5-8H2,1-4H3,(H,17,19);8,10-11H,4-7H2,1-3H3,(H,15,17);9-10H,3-6H2,1-2H3;7-8,10H,3-6H2,1-2H3;7,9H,3-6H2,1-2H3;3-6H2,1-2H3;2-6H2,1H3;2*1H4. The average Bonchev–Trinajstić information content (AvgIpc) is 1.70. The van der Waals surface area contributed by atoms with Gasteiger partial charge in [-0.05, 0) is 313 Å². The van der Waals surface area contributed by atoms with Gasteiger partial charge in [0.05, 0.1) is 28.8 Å². The lowest BCUT2D eigenvalue weighted by molar-refractivity contribution is -0.156. The molecule has 9 aromatic rings. The van der Waals surface area contributed by atoms with Crippen molar-refractivity contribution in [3.63, 3.8) is 0 Å². The fraction of sp³-hybridized carbons (Fsp3) is 0.773. The summed E-state index contributed by atoms with van der Waals surface area (Å²) in [6.07, 6.45) is 35.9. The molecule has 1 unspecified atom stereocenters. The molecule has 0 aromatic carbocycles. The summed E-state index contributed by atoms with van der Waals surface area (Å²) in [6, 6.07) is 6.09. The number of rotatable bonds is 23. The number of carboxylic acids is 1. The third kappa shape index (κ3) is 36.1. The molecule has 11 fully saturated rings. The Hall–Kier alpha value is -10.4. The number of carbonyl (C=O) groups excluding carboxylic acids is 4. The maximum atomic E-state index is 12.1. The molecule has 149 heavy (non-hydrogen) atoms. The lowest BCUT2D eigenvalue weighted by atomic mass is 9.66. The van der Waals surface area contributed by atoms with Crippen LogP contribution in [0.5, 0.6) is 0 Å². The molecule has 39 heteroatoms. The fourth-order valence-corrected chi connectivity index (χ4v) is 21.6. The van der Waals surface area contributed by atoms with E-state index in [1.807, 2.05) is 83.1 Å². The first-order valence-electron chi connectivity index (χ1n) is 54.9. The number of piperazine rings is 1. The van der Waals surface area contributed by atoms with Crippen LogP contribution in [-0.2, 0) is 34.1 Å². The van der Waals surface area contributed by atoms with Crippen molar-refractivity contribution < 1.29 is 74.5 Å². The van der Waals surface area contributed by atoms with E-state index in [-0.39, 0.29) is 55.3 Å². The van der Waals surface area contributed by atoms with Gasteiger partial charge in [-0.3, -0.25) is 24.0 Å². The summed E-state index contributed by atoms with van der Waals surface area (Å²) in [5.74, 6) is 16.3. The number of aliphatic carboxylic acids is 1. The third-order valence-electron chi connectivity index (χ3n) is 32.2. The van der Waals surface area contributed by atoms with E-state index in [2.05, 4.69) is 163 Å². The normalized spacial score (nSPS) is 23.9. The van der Waals surface area contributed by atoms with E-state index in [9.17, 15) is 29.1 Å². The van der Waals surface area contributed by atoms with Crippen molar-refractivity contribution in [1.29, 1.82) is 0 Å². The largest absolute Gasteiger partial charge is 0.481 e. The number of anilines is 2. The van der Waals surface area contributed by atoms with E-state index >= 15 is 0 Å². The van der Waals surface area contributed by atoms with E-state index in [1.54, 1.807) is 21.0 Å². The molecule has 3 N–H and O–H groups in total. The first kappa shape index (κ1) is 120. The van der Waals surface area contributed by atoms with Crippen LogP contribution in [0.1, 0.15) is 418 Å². The SMILES string of the molecule is C.C.CC(=O)C1(CN2CCC(c3cc(C)no3)CC2)CCC1.CC(=O)C1CCC(c2nc(C)no2)CC1.COCC1(c2nc(C)no2)CCN(CC2(C(=O)O)CCC2)CC1.Cc1cc(C2CCC(C)CC2)no1.Cc1noc(C2CCC(C)CC2)n1.Cc1noc(C2CCC(NC(=O)C(C)C(C)C)CC2)n1.Cc1noc(C2CCC(NC(=O)C(C)C)CC2)n1.Cc1noc(N2CCCCC2)n1.Cc1noc(N2CCN(C)CC2)n1. The fourth-order valence-electron chi connectivity index (χ4n) is 21.6. The van der Waals surface area contributed by atoms with Gasteiger partial charge in [-0.25, -0.2) is 0 Å². The van der Waals surface area contributed by atoms with Gasteiger partial charge in [0.15, 0.2) is 40.8 Å². The first-order chi connectivity index (χ1) is 70.4. The number of hydrogen-bond donors (Lipinski definition) is 3. The molecular formula is C110H179N23O16. The van der Waals surface area contributed by atoms with Gasteiger partial charge in [-0.1, -0.05) is 135 Å². The van der Waals surface area contributed by atoms with Gasteiger partial charge < -0.3 is 85.7 Å². The van der Waals surface area contributed by atoms with Crippen LogP contribution in [0.2, 0.25) is 0 Å². The number of methoxy groups -OCH3 is 1. The molecule has 20 rings (SSSR count). The van der Waals surface area contributed by atoms with Crippen molar-refractivity contribution in [2.75, 3.05) is 109 Å². The van der Waals surface area contributed by atoms with Crippen LogP contribution in [0.3, 0.4) is 0 Å². The minimum atomic E-state index is -0.648. The van der Waals surface area contributed by atoms with Gasteiger partial charge in [0.25, 0.3) is 0 Å². The van der Waals surface area contributed by atoms with Gasteiger partial charge in [0, 0.05) is 142 Å². The number of ketones is 2. The maximum Gasteiger partial charge on any atom is 0.324 e. The van der Waals surface area contributed by atoms with E-state index in [0.717, 1.165) is 271 Å². The minimum absolute atomic E-state index is 0.